The van der Waals surface area contributed by atoms with Gasteiger partial charge in [-0.25, -0.2) is 9.78 Å². The second-order valence-electron chi connectivity index (χ2n) is 4.76. The maximum atomic E-state index is 10.7. The van der Waals surface area contributed by atoms with Gasteiger partial charge in [0, 0.05) is 6.04 Å². The van der Waals surface area contributed by atoms with E-state index in [0.717, 1.165) is 18.5 Å². The van der Waals surface area contributed by atoms with Crippen molar-refractivity contribution in [3.63, 3.8) is 0 Å². The number of rotatable bonds is 3. The first-order valence-electron chi connectivity index (χ1n) is 6.25. The Bertz CT molecular complexity index is 583. The summed E-state index contributed by atoms with van der Waals surface area (Å²) in [6.45, 7) is 0. The minimum atomic E-state index is -1.00. The lowest BCUT2D eigenvalue weighted by Gasteiger charge is -2.13. The molecule has 0 amide bonds. The highest BCUT2D eigenvalue weighted by Gasteiger charge is 2.20. The Kier molecular flexibility index (Phi) is 2.91. The Morgan fingerprint density at radius 2 is 1.84 bits per heavy atom. The van der Waals surface area contributed by atoms with Gasteiger partial charge in [0.2, 0.25) is 0 Å². The van der Waals surface area contributed by atoms with Gasteiger partial charge in [-0.1, -0.05) is 24.3 Å². The molecule has 4 heteroatoms. The fourth-order valence-corrected chi connectivity index (χ4v) is 2.50. The van der Waals surface area contributed by atoms with Gasteiger partial charge in [0.25, 0.3) is 0 Å². The number of hydrogen-bond donors (Lipinski definition) is 2. The third-order valence-corrected chi connectivity index (χ3v) is 3.40. The monoisotopic (exact) mass is 254 g/mol. The molecule has 2 aromatic rings. The molecule has 0 atom stereocenters. The zero-order valence-corrected chi connectivity index (χ0v) is 10.3. The molecule has 0 saturated heterocycles. The van der Waals surface area contributed by atoms with Crippen molar-refractivity contribution in [2.75, 3.05) is 5.32 Å². The van der Waals surface area contributed by atoms with Crippen LogP contribution in [-0.2, 0) is 12.8 Å². The first-order valence-corrected chi connectivity index (χ1v) is 6.25. The van der Waals surface area contributed by atoms with Crippen LogP contribution in [0.5, 0.6) is 0 Å². The standard InChI is InChI=1S/C15H14N2O2/c18-15(19)14-6-5-12(9-16-14)17-13-7-10-3-1-2-4-11(10)8-13/h1-6,9,13,17H,7-8H2,(H,18,19). The molecule has 0 saturated carbocycles. The van der Waals surface area contributed by atoms with E-state index in [4.69, 9.17) is 5.11 Å². The van der Waals surface area contributed by atoms with Crippen molar-refractivity contribution in [1.29, 1.82) is 0 Å². The average Bonchev–Trinajstić information content (AvgIpc) is 2.81. The van der Waals surface area contributed by atoms with Crippen LogP contribution >= 0.6 is 0 Å². The Balaban J connectivity index is 1.69. The normalized spacial score (nSPS) is 14.1. The number of nitrogens with one attached hydrogen (secondary N) is 1. The van der Waals surface area contributed by atoms with E-state index >= 15 is 0 Å². The molecule has 0 radical (unpaired) electrons. The lowest BCUT2D eigenvalue weighted by atomic mass is 10.1. The van der Waals surface area contributed by atoms with Crippen molar-refractivity contribution in [1.82, 2.24) is 4.98 Å². The van der Waals surface area contributed by atoms with Gasteiger partial charge >= 0.3 is 5.97 Å². The van der Waals surface area contributed by atoms with Crippen LogP contribution in [0.25, 0.3) is 0 Å². The molecule has 1 heterocycles. The molecule has 19 heavy (non-hydrogen) atoms. The zero-order valence-electron chi connectivity index (χ0n) is 10.3. The van der Waals surface area contributed by atoms with E-state index < -0.39 is 5.97 Å². The molecule has 0 aliphatic heterocycles. The number of aromatic carboxylic acids is 1. The first kappa shape index (κ1) is 11.7. The molecular formula is C15H14N2O2. The van der Waals surface area contributed by atoms with Crippen LogP contribution in [0, 0.1) is 0 Å². The number of aromatic nitrogens is 1. The average molecular weight is 254 g/mol. The molecule has 3 rings (SSSR count). The largest absolute Gasteiger partial charge is 0.477 e. The number of pyridine rings is 1. The van der Waals surface area contributed by atoms with Crippen LogP contribution in [0.1, 0.15) is 21.6 Å². The SMILES string of the molecule is O=C(O)c1ccc(NC2Cc3ccccc3C2)cn1. The molecule has 0 unspecified atom stereocenters. The molecule has 1 aliphatic carbocycles. The minimum absolute atomic E-state index is 0.0697. The molecule has 0 spiro atoms. The van der Waals surface area contributed by atoms with E-state index in [1.54, 1.807) is 12.3 Å². The summed E-state index contributed by atoms with van der Waals surface area (Å²) in [6.07, 6.45) is 3.57. The Morgan fingerprint density at radius 1 is 1.16 bits per heavy atom. The number of anilines is 1. The molecule has 1 aliphatic rings. The van der Waals surface area contributed by atoms with Crippen LogP contribution in [0.2, 0.25) is 0 Å². The lowest BCUT2D eigenvalue weighted by molar-refractivity contribution is 0.0690. The highest BCUT2D eigenvalue weighted by Crippen LogP contribution is 2.24. The van der Waals surface area contributed by atoms with Gasteiger partial charge in [-0.05, 0) is 36.1 Å². The summed E-state index contributed by atoms with van der Waals surface area (Å²) in [5, 5.41) is 12.2. The van der Waals surface area contributed by atoms with Gasteiger partial charge in [0.05, 0.1) is 11.9 Å². The Hall–Kier alpha value is -2.36. The van der Waals surface area contributed by atoms with Crippen LogP contribution in [-0.4, -0.2) is 22.1 Å². The summed E-state index contributed by atoms with van der Waals surface area (Å²) in [5.74, 6) is -1.00. The maximum absolute atomic E-state index is 10.7. The topological polar surface area (TPSA) is 62.2 Å². The molecule has 96 valence electrons. The van der Waals surface area contributed by atoms with Crippen molar-refractivity contribution < 1.29 is 9.90 Å². The second-order valence-corrected chi connectivity index (χ2v) is 4.76. The van der Waals surface area contributed by atoms with E-state index in [-0.39, 0.29) is 5.69 Å². The smallest absolute Gasteiger partial charge is 0.354 e. The van der Waals surface area contributed by atoms with Crippen molar-refractivity contribution in [2.45, 2.75) is 18.9 Å². The molecule has 1 aromatic heterocycles. The van der Waals surface area contributed by atoms with E-state index in [1.165, 1.54) is 17.2 Å². The number of benzene rings is 1. The summed E-state index contributed by atoms with van der Waals surface area (Å²) in [7, 11) is 0. The fraction of sp³-hybridized carbons (Fsp3) is 0.200. The molecule has 0 bridgehead atoms. The van der Waals surface area contributed by atoms with Gasteiger partial charge < -0.3 is 10.4 Å². The van der Waals surface area contributed by atoms with Crippen molar-refractivity contribution >= 4 is 11.7 Å². The minimum Gasteiger partial charge on any atom is -0.477 e. The Labute approximate surface area is 111 Å². The summed E-state index contributed by atoms with van der Waals surface area (Å²) < 4.78 is 0. The van der Waals surface area contributed by atoms with Gasteiger partial charge in [-0.3, -0.25) is 0 Å². The summed E-state index contributed by atoms with van der Waals surface area (Å²) >= 11 is 0. The molecule has 4 nitrogen and oxygen atoms in total. The number of carboxylic acids is 1. The van der Waals surface area contributed by atoms with Crippen molar-refractivity contribution in [3.05, 3.63) is 59.4 Å². The molecular weight excluding hydrogens is 240 g/mol. The summed E-state index contributed by atoms with van der Waals surface area (Å²) in [6, 6.07) is 12.1. The molecule has 0 fully saturated rings. The van der Waals surface area contributed by atoms with Crippen LogP contribution < -0.4 is 5.32 Å². The fourth-order valence-electron chi connectivity index (χ4n) is 2.50. The summed E-state index contributed by atoms with van der Waals surface area (Å²) in [5.41, 5.74) is 3.70. The lowest BCUT2D eigenvalue weighted by Crippen LogP contribution is -2.19. The van der Waals surface area contributed by atoms with Gasteiger partial charge in [-0.15, -0.1) is 0 Å². The number of carbonyl (C=O) groups is 1. The highest BCUT2D eigenvalue weighted by molar-refractivity contribution is 5.85. The summed E-state index contributed by atoms with van der Waals surface area (Å²) in [4.78, 5) is 14.6. The Morgan fingerprint density at radius 3 is 2.37 bits per heavy atom. The van der Waals surface area contributed by atoms with Crippen LogP contribution in [0.4, 0.5) is 5.69 Å². The second kappa shape index (κ2) is 4.72. The van der Waals surface area contributed by atoms with E-state index in [2.05, 4.69) is 34.6 Å². The van der Waals surface area contributed by atoms with E-state index in [1.807, 2.05) is 0 Å². The van der Waals surface area contributed by atoms with Gasteiger partial charge in [-0.2, -0.15) is 0 Å². The van der Waals surface area contributed by atoms with Gasteiger partial charge in [0.1, 0.15) is 5.69 Å². The van der Waals surface area contributed by atoms with Crippen LogP contribution in [0.15, 0.2) is 42.6 Å². The molecule has 1 aromatic carbocycles. The highest BCUT2D eigenvalue weighted by atomic mass is 16.4. The van der Waals surface area contributed by atoms with Gasteiger partial charge in [0.15, 0.2) is 0 Å². The number of hydrogen-bond acceptors (Lipinski definition) is 3. The predicted octanol–water partition coefficient (Wildman–Crippen LogP) is 2.36. The first-order chi connectivity index (χ1) is 9.22. The predicted molar refractivity (Wildman–Crippen MR) is 72.5 cm³/mol. The quantitative estimate of drug-likeness (QED) is 0.882. The van der Waals surface area contributed by atoms with Crippen molar-refractivity contribution in [2.24, 2.45) is 0 Å². The third kappa shape index (κ3) is 2.42. The van der Waals surface area contributed by atoms with Crippen LogP contribution in [0.3, 0.4) is 0 Å². The number of nitrogens with zero attached hydrogens (tertiary/aromatic N) is 1. The number of carboxylic acid groups (broad SMARTS) is 1. The number of fused-ring (bicyclic) bond motifs is 1. The zero-order chi connectivity index (χ0) is 13.2. The van der Waals surface area contributed by atoms with E-state index in [9.17, 15) is 4.79 Å². The molecule has 2 N–H and O–H groups in total. The maximum Gasteiger partial charge on any atom is 0.354 e. The van der Waals surface area contributed by atoms with E-state index in [0.29, 0.717) is 6.04 Å². The third-order valence-electron chi connectivity index (χ3n) is 3.40. The van der Waals surface area contributed by atoms with Crippen molar-refractivity contribution in [3.8, 4) is 0 Å².